The minimum atomic E-state index is -3.22. The highest BCUT2D eigenvalue weighted by molar-refractivity contribution is 7.88. The van der Waals surface area contributed by atoms with Gasteiger partial charge < -0.3 is 10.1 Å². The van der Waals surface area contributed by atoms with Crippen LogP contribution in [0.1, 0.15) is 18.7 Å². The summed E-state index contributed by atoms with van der Waals surface area (Å²) in [5, 5.41) is 7.61. The van der Waals surface area contributed by atoms with Gasteiger partial charge in [-0.1, -0.05) is 0 Å². The number of hydrogen-bond acceptors (Lipinski definition) is 6. The maximum absolute atomic E-state index is 12.5. The van der Waals surface area contributed by atoms with Crippen molar-refractivity contribution in [2.75, 3.05) is 26.5 Å². The van der Waals surface area contributed by atoms with Crippen molar-refractivity contribution >= 4 is 15.9 Å². The van der Waals surface area contributed by atoms with E-state index in [1.165, 1.54) is 10.6 Å². The number of carbonyl (C=O) groups excluding carboxylic acids is 1. The van der Waals surface area contributed by atoms with Gasteiger partial charge in [0.25, 0.3) is 0 Å². The zero-order valence-corrected chi connectivity index (χ0v) is 16.7. The molecule has 150 valence electrons. The molecule has 1 fully saturated rings. The van der Waals surface area contributed by atoms with Crippen molar-refractivity contribution in [3.8, 4) is 17.1 Å². The molecule has 1 amide bonds. The third kappa shape index (κ3) is 3.61. The molecule has 0 saturated carbocycles. The Hall–Kier alpha value is -2.46. The molecule has 1 aromatic carbocycles. The number of hydrogen-bond donors (Lipinski definition) is 1. The van der Waals surface area contributed by atoms with Crippen LogP contribution in [0.4, 0.5) is 0 Å². The third-order valence-corrected chi connectivity index (χ3v) is 6.74. The predicted molar refractivity (Wildman–Crippen MR) is 102 cm³/mol. The number of aromatic nitrogens is 3. The topological polar surface area (TPSA) is 106 Å². The number of benzene rings is 1. The molecule has 0 bridgehead atoms. The number of carbonyl (C=O) groups is 1. The van der Waals surface area contributed by atoms with Crippen LogP contribution in [0.2, 0.25) is 0 Å². The second-order valence-electron chi connectivity index (χ2n) is 7.41. The molecule has 2 aliphatic heterocycles. The van der Waals surface area contributed by atoms with Crippen LogP contribution in [0.15, 0.2) is 24.3 Å². The summed E-state index contributed by atoms with van der Waals surface area (Å²) in [6, 6.07) is 7.45. The standard InChI is InChI=1S/C18H23N5O4S/c1-27-14-5-3-13(4-6-14)17-19-15-11-18(20-16(24)12-23(15)21-17)7-9-22(10-8-18)28(2,25)26/h3-6H,7-12H2,1-2H3,(H,20,24). The lowest BCUT2D eigenvalue weighted by Crippen LogP contribution is -2.56. The molecule has 2 aromatic rings. The number of fused-ring (bicyclic) bond motifs is 1. The Labute approximate surface area is 163 Å². The van der Waals surface area contributed by atoms with Crippen molar-refractivity contribution in [1.29, 1.82) is 0 Å². The molecule has 0 unspecified atom stereocenters. The first kappa shape index (κ1) is 18.9. The van der Waals surface area contributed by atoms with Crippen molar-refractivity contribution in [2.45, 2.75) is 31.3 Å². The highest BCUT2D eigenvalue weighted by Gasteiger charge is 2.41. The van der Waals surface area contributed by atoms with Crippen molar-refractivity contribution in [1.82, 2.24) is 24.4 Å². The van der Waals surface area contributed by atoms with E-state index >= 15 is 0 Å². The maximum atomic E-state index is 12.5. The normalized spacial score (nSPS) is 19.7. The summed E-state index contributed by atoms with van der Waals surface area (Å²) in [7, 11) is -1.61. The Morgan fingerprint density at radius 1 is 1.18 bits per heavy atom. The van der Waals surface area contributed by atoms with Gasteiger partial charge in [0.1, 0.15) is 18.1 Å². The lowest BCUT2D eigenvalue weighted by atomic mass is 9.85. The highest BCUT2D eigenvalue weighted by Crippen LogP contribution is 2.30. The lowest BCUT2D eigenvalue weighted by molar-refractivity contribution is -0.123. The first-order valence-corrected chi connectivity index (χ1v) is 11.0. The number of ether oxygens (including phenoxy) is 1. The number of nitrogens with one attached hydrogen (secondary N) is 1. The van der Waals surface area contributed by atoms with Crippen LogP contribution >= 0.6 is 0 Å². The van der Waals surface area contributed by atoms with Crippen LogP contribution in [0, 0.1) is 0 Å². The number of sulfonamides is 1. The number of nitrogens with zero attached hydrogens (tertiary/aromatic N) is 4. The van der Waals surface area contributed by atoms with Crippen LogP contribution in [-0.4, -0.2) is 65.4 Å². The monoisotopic (exact) mass is 405 g/mol. The van der Waals surface area contributed by atoms with E-state index in [2.05, 4.69) is 15.4 Å². The Kier molecular flexibility index (Phi) is 4.62. The zero-order chi connectivity index (χ0) is 19.9. The largest absolute Gasteiger partial charge is 0.497 e. The van der Waals surface area contributed by atoms with E-state index in [0.717, 1.165) is 17.1 Å². The smallest absolute Gasteiger partial charge is 0.242 e. The van der Waals surface area contributed by atoms with Crippen molar-refractivity contribution < 1.29 is 17.9 Å². The minimum absolute atomic E-state index is 0.107. The fourth-order valence-corrected chi connectivity index (χ4v) is 4.71. The summed E-state index contributed by atoms with van der Waals surface area (Å²) in [6.07, 6.45) is 2.85. The molecule has 1 aromatic heterocycles. The molecule has 1 N–H and O–H groups in total. The van der Waals surface area contributed by atoms with Crippen LogP contribution in [0.5, 0.6) is 5.75 Å². The summed E-state index contributed by atoms with van der Waals surface area (Å²) in [5.41, 5.74) is 0.360. The van der Waals surface area contributed by atoms with Crippen LogP contribution in [0.25, 0.3) is 11.4 Å². The molecule has 10 heteroatoms. The van der Waals surface area contributed by atoms with Crippen LogP contribution in [0.3, 0.4) is 0 Å². The molecule has 0 atom stereocenters. The average molecular weight is 405 g/mol. The fraction of sp³-hybridized carbons (Fsp3) is 0.500. The second-order valence-corrected chi connectivity index (χ2v) is 9.39. The van der Waals surface area contributed by atoms with Crippen LogP contribution in [-0.2, 0) is 27.8 Å². The molecule has 28 heavy (non-hydrogen) atoms. The fourth-order valence-electron chi connectivity index (χ4n) is 3.86. The Bertz CT molecular complexity index is 991. The van der Waals surface area contributed by atoms with Gasteiger partial charge in [-0.15, -0.1) is 0 Å². The highest BCUT2D eigenvalue weighted by atomic mass is 32.2. The quantitative estimate of drug-likeness (QED) is 0.793. The molecule has 0 aliphatic carbocycles. The van der Waals surface area contributed by atoms with Gasteiger partial charge in [-0.25, -0.2) is 22.4 Å². The van der Waals surface area contributed by atoms with E-state index in [9.17, 15) is 13.2 Å². The van der Waals surface area contributed by atoms with Crippen molar-refractivity contribution in [3.63, 3.8) is 0 Å². The maximum Gasteiger partial charge on any atom is 0.242 e. The molecule has 2 aliphatic rings. The Morgan fingerprint density at radius 3 is 2.46 bits per heavy atom. The SMILES string of the molecule is COc1ccc(-c2nc3n(n2)CC(=O)NC2(CCN(S(C)(=O)=O)CC2)C3)cc1. The van der Waals surface area contributed by atoms with Crippen LogP contribution < -0.4 is 10.1 Å². The van der Waals surface area contributed by atoms with E-state index in [0.29, 0.717) is 38.2 Å². The first-order valence-electron chi connectivity index (χ1n) is 9.12. The second kappa shape index (κ2) is 6.85. The summed E-state index contributed by atoms with van der Waals surface area (Å²) in [5.74, 6) is 1.92. The molecule has 9 nitrogen and oxygen atoms in total. The van der Waals surface area contributed by atoms with Gasteiger partial charge in [-0.3, -0.25) is 4.79 Å². The Balaban J connectivity index is 1.60. The van der Waals surface area contributed by atoms with Gasteiger partial charge in [0, 0.05) is 30.6 Å². The molecular formula is C18H23N5O4S. The summed E-state index contributed by atoms with van der Waals surface area (Å²) in [6.45, 7) is 0.882. The number of piperidine rings is 1. The van der Waals surface area contributed by atoms with Crippen molar-refractivity contribution in [3.05, 3.63) is 30.1 Å². The van der Waals surface area contributed by atoms with Gasteiger partial charge >= 0.3 is 0 Å². The third-order valence-electron chi connectivity index (χ3n) is 5.44. The van der Waals surface area contributed by atoms with Gasteiger partial charge in [-0.05, 0) is 37.1 Å². The summed E-state index contributed by atoms with van der Waals surface area (Å²) >= 11 is 0. The van der Waals surface area contributed by atoms with E-state index < -0.39 is 15.6 Å². The molecular weight excluding hydrogens is 382 g/mol. The molecule has 1 saturated heterocycles. The lowest BCUT2D eigenvalue weighted by Gasteiger charge is -2.40. The van der Waals surface area contributed by atoms with E-state index in [1.54, 1.807) is 11.8 Å². The molecule has 4 rings (SSSR count). The molecule has 0 radical (unpaired) electrons. The molecule has 3 heterocycles. The first-order chi connectivity index (χ1) is 13.3. The van der Waals surface area contributed by atoms with Gasteiger partial charge in [0.05, 0.1) is 13.4 Å². The van der Waals surface area contributed by atoms with Gasteiger partial charge in [-0.2, -0.15) is 5.10 Å². The zero-order valence-electron chi connectivity index (χ0n) is 15.9. The summed E-state index contributed by atoms with van der Waals surface area (Å²) in [4.78, 5) is 17.2. The van der Waals surface area contributed by atoms with Gasteiger partial charge in [0.2, 0.25) is 15.9 Å². The average Bonchev–Trinajstić information content (AvgIpc) is 2.97. The summed E-state index contributed by atoms with van der Waals surface area (Å²) < 4.78 is 31.9. The van der Waals surface area contributed by atoms with E-state index in [4.69, 9.17) is 4.74 Å². The number of methoxy groups -OCH3 is 1. The van der Waals surface area contributed by atoms with Gasteiger partial charge in [0.15, 0.2) is 5.82 Å². The van der Waals surface area contributed by atoms with Crippen molar-refractivity contribution in [2.24, 2.45) is 0 Å². The minimum Gasteiger partial charge on any atom is -0.497 e. The van der Waals surface area contributed by atoms with E-state index in [1.807, 2.05) is 24.3 Å². The predicted octanol–water partition coefficient (Wildman–Crippen LogP) is 0.420. The molecule has 1 spiro atoms. The number of rotatable bonds is 3. The Morgan fingerprint density at radius 2 is 1.86 bits per heavy atom. The van der Waals surface area contributed by atoms with E-state index in [-0.39, 0.29) is 12.5 Å². The number of amides is 1.